The number of aliphatic imine (C=N–C) groups is 1. The minimum absolute atomic E-state index is 0. The molecule has 3 rings (SSSR count). The first-order valence-corrected chi connectivity index (χ1v) is 11.1. The fourth-order valence-corrected chi connectivity index (χ4v) is 3.72. The van der Waals surface area contributed by atoms with E-state index in [1.54, 1.807) is 14.2 Å². The molecule has 2 aromatic rings. The molecular weight excluding hydrogens is 531 g/mol. The molecule has 0 radical (unpaired) electrons. The van der Waals surface area contributed by atoms with E-state index in [0.717, 1.165) is 67.1 Å². The summed E-state index contributed by atoms with van der Waals surface area (Å²) in [6.07, 6.45) is 1.89. The molecule has 0 bridgehead atoms. The second-order valence-electron chi connectivity index (χ2n) is 8.02. The Labute approximate surface area is 215 Å². The Kier molecular flexibility index (Phi) is 11.0. The van der Waals surface area contributed by atoms with Gasteiger partial charge < -0.3 is 29.5 Å². The van der Waals surface area contributed by atoms with Crippen LogP contribution in [0.25, 0.3) is 0 Å². The van der Waals surface area contributed by atoms with Gasteiger partial charge in [0.25, 0.3) is 0 Å². The number of aromatic nitrogens is 1. The molecule has 1 N–H and O–H groups in total. The zero-order valence-corrected chi connectivity index (χ0v) is 22.7. The number of hydrogen-bond acceptors (Lipinski definition) is 6. The van der Waals surface area contributed by atoms with Gasteiger partial charge in [-0.1, -0.05) is 0 Å². The van der Waals surface area contributed by atoms with Gasteiger partial charge in [-0.05, 0) is 43.8 Å². The molecule has 1 aromatic carbocycles. The highest BCUT2D eigenvalue weighted by Crippen LogP contribution is 2.25. The number of guanidine groups is 1. The SMILES string of the molecule is CCNC(=NCc1ccnc(N2CCN(C)CC2)c1)N(C)Cc1ccc(OC)cc1OC.I. The average Bonchev–Trinajstić information content (AvgIpc) is 2.82. The number of rotatable bonds is 8. The van der Waals surface area contributed by atoms with Crippen LogP contribution in [-0.2, 0) is 13.1 Å². The van der Waals surface area contributed by atoms with Gasteiger partial charge in [-0.3, -0.25) is 0 Å². The third kappa shape index (κ3) is 7.63. The summed E-state index contributed by atoms with van der Waals surface area (Å²) >= 11 is 0. The molecule has 0 atom stereocenters. The quantitative estimate of drug-likeness (QED) is 0.299. The number of ether oxygens (including phenoxy) is 2. The second kappa shape index (κ2) is 13.4. The lowest BCUT2D eigenvalue weighted by Crippen LogP contribution is -2.44. The van der Waals surface area contributed by atoms with E-state index in [2.05, 4.69) is 45.0 Å². The summed E-state index contributed by atoms with van der Waals surface area (Å²) < 4.78 is 10.9. The van der Waals surface area contributed by atoms with Crippen molar-refractivity contribution in [1.29, 1.82) is 0 Å². The van der Waals surface area contributed by atoms with Crippen LogP contribution in [0.15, 0.2) is 41.5 Å². The zero-order chi connectivity index (χ0) is 22.9. The molecule has 0 amide bonds. The molecule has 1 aromatic heterocycles. The Hall–Kier alpha value is -2.27. The number of anilines is 1. The number of halogens is 1. The van der Waals surface area contributed by atoms with Crippen LogP contribution in [0.5, 0.6) is 11.5 Å². The normalized spacial score (nSPS) is 14.5. The summed E-state index contributed by atoms with van der Waals surface area (Å²) in [7, 11) is 7.53. The van der Waals surface area contributed by atoms with Crippen LogP contribution in [0.3, 0.4) is 0 Å². The van der Waals surface area contributed by atoms with Gasteiger partial charge in [0.15, 0.2) is 5.96 Å². The van der Waals surface area contributed by atoms with Crippen LogP contribution in [-0.4, -0.2) is 81.8 Å². The first kappa shape index (κ1) is 27.0. The van der Waals surface area contributed by atoms with Gasteiger partial charge in [0.1, 0.15) is 17.3 Å². The number of hydrogen-bond donors (Lipinski definition) is 1. The van der Waals surface area contributed by atoms with Gasteiger partial charge in [-0.25, -0.2) is 9.98 Å². The van der Waals surface area contributed by atoms with E-state index in [4.69, 9.17) is 14.5 Å². The molecule has 0 unspecified atom stereocenters. The number of nitrogens with one attached hydrogen (secondary N) is 1. The van der Waals surface area contributed by atoms with Crippen LogP contribution in [0.2, 0.25) is 0 Å². The van der Waals surface area contributed by atoms with Gasteiger partial charge in [0.2, 0.25) is 0 Å². The minimum Gasteiger partial charge on any atom is -0.497 e. The maximum absolute atomic E-state index is 5.55. The molecule has 1 aliphatic heterocycles. The van der Waals surface area contributed by atoms with Crippen LogP contribution >= 0.6 is 24.0 Å². The van der Waals surface area contributed by atoms with E-state index < -0.39 is 0 Å². The van der Waals surface area contributed by atoms with E-state index in [-0.39, 0.29) is 24.0 Å². The zero-order valence-electron chi connectivity index (χ0n) is 20.4. The Morgan fingerprint density at radius 2 is 1.88 bits per heavy atom. The lowest BCUT2D eigenvalue weighted by atomic mass is 10.2. The molecule has 0 saturated carbocycles. The largest absolute Gasteiger partial charge is 0.497 e. The van der Waals surface area contributed by atoms with Gasteiger partial charge in [-0.15, -0.1) is 24.0 Å². The first-order valence-electron chi connectivity index (χ1n) is 11.1. The Bertz CT molecular complexity index is 902. The highest BCUT2D eigenvalue weighted by Gasteiger charge is 2.16. The van der Waals surface area contributed by atoms with E-state index in [1.165, 1.54) is 0 Å². The summed E-state index contributed by atoms with van der Waals surface area (Å²) in [6, 6.07) is 10.1. The number of benzene rings is 1. The first-order chi connectivity index (χ1) is 15.5. The van der Waals surface area contributed by atoms with Crippen LogP contribution in [0, 0.1) is 0 Å². The predicted octanol–water partition coefficient (Wildman–Crippen LogP) is 3.07. The van der Waals surface area contributed by atoms with Crippen molar-refractivity contribution in [3.8, 4) is 11.5 Å². The number of nitrogens with zero attached hydrogens (tertiary/aromatic N) is 5. The highest BCUT2D eigenvalue weighted by atomic mass is 127. The van der Waals surface area contributed by atoms with Crippen LogP contribution < -0.4 is 19.7 Å². The fourth-order valence-electron chi connectivity index (χ4n) is 3.72. The van der Waals surface area contributed by atoms with E-state index in [9.17, 15) is 0 Å². The number of piperazine rings is 1. The summed E-state index contributed by atoms with van der Waals surface area (Å²) in [5.74, 6) is 3.47. The highest BCUT2D eigenvalue weighted by molar-refractivity contribution is 14.0. The maximum atomic E-state index is 5.55. The molecule has 8 nitrogen and oxygen atoms in total. The van der Waals surface area contributed by atoms with E-state index >= 15 is 0 Å². The van der Waals surface area contributed by atoms with Crippen molar-refractivity contribution < 1.29 is 9.47 Å². The van der Waals surface area contributed by atoms with Gasteiger partial charge >= 0.3 is 0 Å². The molecular formula is C24H37IN6O2. The smallest absolute Gasteiger partial charge is 0.194 e. The van der Waals surface area contributed by atoms with Crippen LogP contribution in [0.1, 0.15) is 18.1 Å². The maximum Gasteiger partial charge on any atom is 0.194 e. The summed E-state index contributed by atoms with van der Waals surface area (Å²) in [5.41, 5.74) is 2.22. The average molecular weight is 569 g/mol. The van der Waals surface area contributed by atoms with Gasteiger partial charge in [0, 0.05) is 64.1 Å². The Balaban J connectivity index is 0.00000385. The summed E-state index contributed by atoms with van der Waals surface area (Å²) in [5, 5.41) is 3.39. The van der Waals surface area contributed by atoms with Crippen molar-refractivity contribution in [1.82, 2.24) is 20.1 Å². The van der Waals surface area contributed by atoms with Crippen LogP contribution in [0.4, 0.5) is 5.82 Å². The number of methoxy groups -OCH3 is 2. The lowest BCUT2D eigenvalue weighted by Gasteiger charge is -2.33. The minimum atomic E-state index is 0. The molecule has 1 fully saturated rings. The molecule has 33 heavy (non-hydrogen) atoms. The second-order valence-corrected chi connectivity index (χ2v) is 8.02. The standard InChI is InChI=1S/C24H36N6O2.HI/c1-6-25-24(29(3)18-20-7-8-21(31-4)16-22(20)32-5)27-17-19-9-10-26-23(15-19)30-13-11-28(2)12-14-30;/h7-10,15-16H,6,11-14,17-18H2,1-5H3,(H,25,27);1H. The van der Waals surface area contributed by atoms with E-state index in [1.807, 2.05) is 37.5 Å². The fraction of sp³-hybridized carbons (Fsp3) is 0.500. The predicted molar refractivity (Wildman–Crippen MR) is 145 cm³/mol. The molecule has 1 aliphatic rings. The van der Waals surface area contributed by atoms with Crippen molar-refractivity contribution in [2.75, 3.05) is 65.9 Å². The third-order valence-electron chi connectivity index (χ3n) is 5.65. The molecule has 9 heteroatoms. The molecule has 2 heterocycles. The number of likely N-dealkylation sites (N-methyl/N-ethyl adjacent to an activating group) is 1. The molecule has 0 aliphatic carbocycles. The van der Waals surface area contributed by atoms with Gasteiger partial charge in [0.05, 0.1) is 20.8 Å². The molecule has 1 saturated heterocycles. The monoisotopic (exact) mass is 568 g/mol. The van der Waals surface area contributed by atoms with Crippen molar-refractivity contribution in [3.05, 3.63) is 47.7 Å². The number of pyridine rings is 1. The Morgan fingerprint density at radius 1 is 1.12 bits per heavy atom. The Morgan fingerprint density at radius 3 is 2.55 bits per heavy atom. The van der Waals surface area contributed by atoms with Gasteiger partial charge in [-0.2, -0.15) is 0 Å². The molecule has 0 spiro atoms. The van der Waals surface area contributed by atoms with Crippen molar-refractivity contribution >= 4 is 35.8 Å². The van der Waals surface area contributed by atoms with Crippen molar-refractivity contribution in [3.63, 3.8) is 0 Å². The van der Waals surface area contributed by atoms with Crippen molar-refractivity contribution in [2.24, 2.45) is 4.99 Å². The molecule has 182 valence electrons. The lowest BCUT2D eigenvalue weighted by molar-refractivity contribution is 0.312. The summed E-state index contributed by atoms with van der Waals surface area (Å²) in [4.78, 5) is 16.3. The van der Waals surface area contributed by atoms with E-state index in [0.29, 0.717) is 13.1 Å². The van der Waals surface area contributed by atoms with Crippen molar-refractivity contribution in [2.45, 2.75) is 20.0 Å². The third-order valence-corrected chi connectivity index (χ3v) is 5.65. The summed E-state index contributed by atoms with van der Waals surface area (Å²) in [6.45, 7) is 8.28. The topological polar surface area (TPSA) is 65.5 Å².